The molecule has 0 fully saturated rings. The Morgan fingerprint density at radius 2 is 2.29 bits per heavy atom. The summed E-state index contributed by atoms with van der Waals surface area (Å²) < 4.78 is 24.5. The van der Waals surface area contributed by atoms with Gasteiger partial charge in [0, 0.05) is 9.86 Å². The van der Waals surface area contributed by atoms with E-state index in [2.05, 4.69) is 20.9 Å². The Labute approximate surface area is 87.9 Å². The number of carbonyl (C=O) groups excluding carboxylic acids is 1. The van der Waals surface area contributed by atoms with Crippen LogP contribution in [0, 0.1) is 0 Å². The predicted octanol–water partition coefficient (Wildman–Crippen LogP) is 3.02. The normalized spacial score (nSPS) is 12.2. The minimum absolute atomic E-state index is 0.0876. The van der Waals surface area contributed by atoms with Crippen molar-refractivity contribution in [1.29, 1.82) is 0 Å². The molecule has 1 aromatic carbocycles. The van der Waals surface area contributed by atoms with Gasteiger partial charge in [-0.05, 0) is 11.1 Å². The number of halogens is 3. The van der Waals surface area contributed by atoms with Gasteiger partial charge in [-0.2, -0.15) is 0 Å². The smallest absolute Gasteiger partial charge is 0.251 e. The maximum atomic E-state index is 13.1. The zero-order chi connectivity index (χ0) is 10.6. The van der Waals surface area contributed by atoms with Gasteiger partial charge in [-0.25, -0.2) is 9.18 Å². The molecule has 1 aromatic rings. The second-order valence-corrected chi connectivity index (χ2v) is 3.20. The first-order chi connectivity index (χ1) is 6.69. The third-order valence-electron chi connectivity index (χ3n) is 1.68. The fourth-order valence-electron chi connectivity index (χ4n) is 1.01. The van der Waals surface area contributed by atoms with Crippen LogP contribution in [0.4, 0.5) is 8.92 Å². The predicted molar refractivity (Wildman–Crippen MR) is 50.1 cm³/mol. The lowest BCUT2D eigenvalue weighted by Gasteiger charge is -2.04. The van der Waals surface area contributed by atoms with E-state index in [-0.39, 0.29) is 5.56 Å². The molecule has 0 aliphatic carbocycles. The highest BCUT2D eigenvalue weighted by Crippen LogP contribution is 2.21. The molecule has 0 radical (unpaired) electrons. The molecule has 0 aliphatic rings. The lowest BCUT2D eigenvalue weighted by molar-refractivity contribution is -0.190. The van der Waals surface area contributed by atoms with Crippen LogP contribution < -0.4 is 0 Å². The molecule has 0 spiro atoms. The van der Waals surface area contributed by atoms with Crippen LogP contribution in [-0.2, 0) is 15.1 Å². The molecule has 76 valence electrons. The lowest BCUT2D eigenvalue weighted by atomic mass is 10.1. The average molecular weight is 265 g/mol. The van der Waals surface area contributed by atoms with Crippen LogP contribution in [0.1, 0.15) is 17.3 Å². The lowest BCUT2D eigenvalue weighted by Crippen LogP contribution is -2.07. The van der Waals surface area contributed by atoms with Crippen molar-refractivity contribution in [3.63, 3.8) is 0 Å². The quantitative estimate of drug-likeness (QED) is 0.785. The third-order valence-corrected chi connectivity index (χ3v) is 2.33. The van der Waals surface area contributed by atoms with Crippen LogP contribution in [0.3, 0.4) is 0 Å². The molecule has 14 heavy (non-hydrogen) atoms. The Morgan fingerprint density at radius 3 is 2.86 bits per heavy atom. The van der Waals surface area contributed by atoms with Crippen LogP contribution >= 0.6 is 15.9 Å². The first-order valence-corrected chi connectivity index (χ1v) is 4.92. The molecular formula is C9H7BrF2O2. The summed E-state index contributed by atoms with van der Waals surface area (Å²) >= 11 is 3.18. The average Bonchev–Trinajstić information content (AvgIpc) is 2.27. The second-order valence-electron chi connectivity index (χ2n) is 2.64. The summed E-state index contributed by atoms with van der Waals surface area (Å²) in [5, 5.41) is 0.540. The summed E-state index contributed by atoms with van der Waals surface area (Å²) in [5.41, 5.74) is 0.890. The van der Waals surface area contributed by atoms with Gasteiger partial charge in [0.2, 0.25) is 6.17 Å². The van der Waals surface area contributed by atoms with Gasteiger partial charge in [0.05, 0.1) is 0 Å². The highest BCUT2D eigenvalue weighted by atomic mass is 79.9. The van der Waals surface area contributed by atoms with E-state index < -0.39 is 12.1 Å². The molecule has 0 saturated heterocycles. The van der Waals surface area contributed by atoms with Crippen molar-refractivity contribution in [1.82, 2.24) is 0 Å². The molecule has 0 bridgehead atoms. The number of rotatable bonds is 3. The highest BCUT2D eigenvalue weighted by Gasteiger charge is 2.22. The molecular weight excluding hydrogens is 258 g/mol. The van der Waals surface area contributed by atoms with Gasteiger partial charge in [-0.3, -0.25) is 4.94 Å². The molecule has 0 amide bonds. The number of alkyl halides is 2. The molecule has 5 heteroatoms. The fourth-order valence-corrected chi connectivity index (χ4v) is 1.36. The van der Waals surface area contributed by atoms with Crippen molar-refractivity contribution in [2.45, 2.75) is 11.5 Å². The molecule has 0 heterocycles. The maximum Gasteiger partial charge on any atom is 0.387 e. The molecule has 0 aliphatic heterocycles. The van der Waals surface area contributed by atoms with E-state index >= 15 is 0 Å². The first kappa shape index (κ1) is 11.1. The second kappa shape index (κ2) is 5.05. The molecule has 1 rings (SSSR count). The molecule has 2 nitrogen and oxygen atoms in total. The van der Waals surface area contributed by atoms with Crippen LogP contribution in [0.5, 0.6) is 0 Å². The van der Waals surface area contributed by atoms with E-state index in [0.717, 1.165) is 5.56 Å². The van der Waals surface area contributed by atoms with Crippen LogP contribution in [0.25, 0.3) is 0 Å². The van der Waals surface area contributed by atoms with Gasteiger partial charge in [-0.15, -0.1) is 0 Å². The summed E-state index contributed by atoms with van der Waals surface area (Å²) in [4.78, 5) is 13.3. The van der Waals surface area contributed by atoms with Gasteiger partial charge in [0.15, 0.2) is 0 Å². The maximum absolute atomic E-state index is 13.1. The first-order valence-electron chi connectivity index (χ1n) is 3.80. The van der Waals surface area contributed by atoms with Crippen molar-refractivity contribution in [3.05, 3.63) is 35.4 Å². The topological polar surface area (TPSA) is 26.3 Å². The van der Waals surface area contributed by atoms with Gasteiger partial charge < -0.3 is 0 Å². The Bertz CT molecular complexity index is 330. The monoisotopic (exact) mass is 264 g/mol. The van der Waals surface area contributed by atoms with E-state index in [0.29, 0.717) is 5.33 Å². The Kier molecular flexibility index (Phi) is 4.00. The molecule has 1 unspecified atom stereocenters. The fraction of sp³-hybridized carbons (Fsp3) is 0.222. The molecule has 0 N–H and O–H groups in total. The van der Waals surface area contributed by atoms with Crippen molar-refractivity contribution >= 4 is 21.9 Å². The Morgan fingerprint density at radius 1 is 1.57 bits per heavy atom. The molecule has 1 atom stereocenters. The van der Waals surface area contributed by atoms with Crippen LogP contribution in [-0.4, -0.2) is 5.97 Å². The van der Waals surface area contributed by atoms with Gasteiger partial charge in [0.25, 0.3) is 0 Å². The summed E-state index contributed by atoms with van der Waals surface area (Å²) in [7, 11) is 0. The van der Waals surface area contributed by atoms with Crippen molar-refractivity contribution in [2.75, 3.05) is 0 Å². The molecule has 0 saturated carbocycles. The number of hydrogen-bond acceptors (Lipinski definition) is 2. The van der Waals surface area contributed by atoms with Crippen molar-refractivity contribution < 1.29 is 18.7 Å². The highest BCUT2D eigenvalue weighted by molar-refractivity contribution is 9.08. The van der Waals surface area contributed by atoms with E-state index in [4.69, 9.17) is 0 Å². The van der Waals surface area contributed by atoms with E-state index in [1.54, 1.807) is 12.1 Å². The summed E-state index contributed by atoms with van der Waals surface area (Å²) in [6, 6.07) is 6.21. The number of benzene rings is 1. The zero-order valence-corrected chi connectivity index (χ0v) is 8.63. The van der Waals surface area contributed by atoms with Crippen molar-refractivity contribution in [2.24, 2.45) is 0 Å². The number of carbonyl (C=O) groups is 1. The SMILES string of the molecule is O=C(OF)C(F)c1cccc(CBr)c1. The summed E-state index contributed by atoms with van der Waals surface area (Å²) in [5.74, 6) is -1.53. The summed E-state index contributed by atoms with van der Waals surface area (Å²) in [6.07, 6.45) is -2.07. The largest absolute Gasteiger partial charge is 0.387 e. The Balaban J connectivity index is 2.89. The van der Waals surface area contributed by atoms with Crippen LogP contribution in [0.15, 0.2) is 24.3 Å². The van der Waals surface area contributed by atoms with Crippen molar-refractivity contribution in [3.8, 4) is 0 Å². The minimum atomic E-state index is -2.07. The van der Waals surface area contributed by atoms with Crippen LogP contribution in [0.2, 0.25) is 0 Å². The van der Waals surface area contributed by atoms with E-state index in [1.165, 1.54) is 12.1 Å². The van der Waals surface area contributed by atoms with Gasteiger partial charge in [0.1, 0.15) is 0 Å². The van der Waals surface area contributed by atoms with E-state index in [9.17, 15) is 13.7 Å². The third kappa shape index (κ3) is 2.51. The number of hydrogen-bond donors (Lipinski definition) is 0. The minimum Gasteiger partial charge on any atom is -0.251 e. The van der Waals surface area contributed by atoms with Gasteiger partial charge in [-0.1, -0.05) is 40.2 Å². The van der Waals surface area contributed by atoms with E-state index in [1.807, 2.05) is 0 Å². The summed E-state index contributed by atoms with van der Waals surface area (Å²) in [6.45, 7) is 0. The standard InChI is InChI=1S/C9H7BrF2O2/c10-5-6-2-1-3-7(4-6)8(11)9(13)14-12/h1-4,8H,5H2. The zero-order valence-electron chi connectivity index (χ0n) is 7.04. The van der Waals surface area contributed by atoms with Gasteiger partial charge >= 0.3 is 5.97 Å². The Hall–Kier alpha value is -0.970. The molecule has 0 aromatic heterocycles.